The fourth-order valence-corrected chi connectivity index (χ4v) is 3.26. The molecule has 0 fully saturated rings. The lowest BCUT2D eigenvalue weighted by Crippen LogP contribution is -2.29. The molecule has 0 unspecified atom stereocenters. The van der Waals surface area contributed by atoms with E-state index >= 15 is 0 Å². The van der Waals surface area contributed by atoms with Crippen molar-refractivity contribution in [1.82, 2.24) is 4.57 Å². The highest BCUT2D eigenvalue weighted by Crippen LogP contribution is 2.22. The molecule has 0 radical (unpaired) electrons. The SMILES string of the molecule is Cc1ccc(C(=O)Nc2cccc(CS(=O)(=O)C(C)(C)C)c2)n1C. The second-order valence-corrected chi connectivity index (χ2v) is 9.69. The molecule has 0 aliphatic carbocycles. The fourth-order valence-electron chi connectivity index (χ4n) is 2.21. The molecule has 5 nitrogen and oxygen atoms in total. The largest absolute Gasteiger partial charge is 0.344 e. The van der Waals surface area contributed by atoms with E-state index in [2.05, 4.69) is 5.32 Å². The maximum Gasteiger partial charge on any atom is 0.272 e. The van der Waals surface area contributed by atoms with Crippen LogP contribution in [0, 0.1) is 6.92 Å². The van der Waals surface area contributed by atoms with E-state index in [0.29, 0.717) is 16.9 Å². The molecular weight excluding hydrogens is 324 g/mol. The van der Waals surface area contributed by atoms with Gasteiger partial charge in [-0.3, -0.25) is 4.79 Å². The van der Waals surface area contributed by atoms with Gasteiger partial charge in [0.05, 0.1) is 10.5 Å². The predicted octanol–water partition coefficient (Wildman–Crippen LogP) is 3.30. The van der Waals surface area contributed by atoms with Crippen molar-refractivity contribution in [3.05, 3.63) is 53.3 Å². The molecule has 0 bridgehead atoms. The molecule has 130 valence electrons. The van der Waals surface area contributed by atoms with Crippen molar-refractivity contribution in [3.8, 4) is 0 Å². The molecule has 6 heteroatoms. The van der Waals surface area contributed by atoms with Gasteiger partial charge in [0.15, 0.2) is 9.84 Å². The normalized spacial score (nSPS) is 12.2. The van der Waals surface area contributed by atoms with Crippen molar-refractivity contribution < 1.29 is 13.2 Å². The Balaban J connectivity index is 2.19. The van der Waals surface area contributed by atoms with E-state index in [1.807, 2.05) is 24.6 Å². The number of nitrogens with one attached hydrogen (secondary N) is 1. The lowest BCUT2D eigenvalue weighted by Gasteiger charge is -2.19. The zero-order valence-corrected chi connectivity index (χ0v) is 15.6. The summed E-state index contributed by atoms with van der Waals surface area (Å²) < 4.78 is 25.7. The van der Waals surface area contributed by atoms with Crippen molar-refractivity contribution in [2.45, 2.75) is 38.2 Å². The van der Waals surface area contributed by atoms with Crippen LogP contribution in [-0.2, 0) is 22.6 Å². The van der Waals surface area contributed by atoms with Crippen LogP contribution in [0.5, 0.6) is 0 Å². The van der Waals surface area contributed by atoms with Crippen LogP contribution in [0.15, 0.2) is 36.4 Å². The topological polar surface area (TPSA) is 68.2 Å². The zero-order chi connectivity index (χ0) is 18.1. The summed E-state index contributed by atoms with van der Waals surface area (Å²) in [4.78, 5) is 12.4. The molecule has 0 saturated carbocycles. The molecule has 1 N–H and O–H groups in total. The van der Waals surface area contributed by atoms with Crippen LogP contribution in [0.1, 0.15) is 42.5 Å². The lowest BCUT2D eigenvalue weighted by atomic mass is 10.2. The smallest absolute Gasteiger partial charge is 0.272 e. The third-order valence-corrected chi connectivity index (χ3v) is 6.66. The Hall–Kier alpha value is -2.08. The highest BCUT2D eigenvalue weighted by Gasteiger charge is 2.29. The van der Waals surface area contributed by atoms with Crippen LogP contribution < -0.4 is 5.32 Å². The number of anilines is 1. The number of hydrogen-bond donors (Lipinski definition) is 1. The Morgan fingerprint density at radius 2 is 1.83 bits per heavy atom. The summed E-state index contributed by atoms with van der Waals surface area (Å²) in [5.41, 5.74) is 2.79. The summed E-state index contributed by atoms with van der Waals surface area (Å²) in [5, 5.41) is 2.82. The van der Waals surface area contributed by atoms with E-state index in [0.717, 1.165) is 5.69 Å². The summed E-state index contributed by atoms with van der Waals surface area (Å²) in [7, 11) is -1.44. The van der Waals surface area contributed by atoms with Gasteiger partial charge in [-0.05, 0) is 57.5 Å². The molecular formula is C18H24N2O3S. The maximum absolute atomic E-state index is 12.4. The third-order valence-electron chi connectivity index (χ3n) is 4.08. The molecule has 2 aromatic rings. The summed E-state index contributed by atoms with van der Waals surface area (Å²) >= 11 is 0. The molecule has 0 saturated heterocycles. The Labute approximate surface area is 143 Å². The van der Waals surface area contributed by atoms with Crippen LogP contribution in [0.2, 0.25) is 0 Å². The van der Waals surface area contributed by atoms with Gasteiger partial charge in [-0.15, -0.1) is 0 Å². The highest BCUT2D eigenvalue weighted by atomic mass is 32.2. The predicted molar refractivity (Wildman–Crippen MR) is 96.9 cm³/mol. The van der Waals surface area contributed by atoms with Gasteiger partial charge in [-0.25, -0.2) is 8.42 Å². The average Bonchev–Trinajstić information content (AvgIpc) is 2.77. The molecule has 0 aliphatic heterocycles. The number of aromatic nitrogens is 1. The minimum absolute atomic E-state index is 0.0521. The van der Waals surface area contributed by atoms with Gasteiger partial charge in [0.25, 0.3) is 5.91 Å². The van der Waals surface area contributed by atoms with Crippen molar-refractivity contribution in [2.75, 3.05) is 5.32 Å². The summed E-state index contributed by atoms with van der Waals surface area (Å²) in [5.74, 6) is -0.273. The van der Waals surface area contributed by atoms with E-state index in [4.69, 9.17) is 0 Å². The standard InChI is InChI=1S/C18H24N2O3S/c1-13-9-10-16(20(13)5)17(21)19-15-8-6-7-14(11-15)12-24(22,23)18(2,3)4/h6-11H,12H2,1-5H3,(H,19,21). The van der Waals surface area contributed by atoms with Gasteiger partial charge in [-0.1, -0.05) is 12.1 Å². The van der Waals surface area contributed by atoms with E-state index in [9.17, 15) is 13.2 Å². The fraction of sp³-hybridized carbons (Fsp3) is 0.389. The molecule has 0 atom stereocenters. The van der Waals surface area contributed by atoms with Crippen molar-refractivity contribution in [1.29, 1.82) is 0 Å². The van der Waals surface area contributed by atoms with Gasteiger partial charge < -0.3 is 9.88 Å². The number of carbonyl (C=O) groups is 1. The van der Waals surface area contributed by atoms with Crippen molar-refractivity contribution >= 4 is 21.4 Å². The first-order valence-electron chi connectivity index (χ1n) is 7.76. The number of amides is 1. The van der Waals surface area contributed by atoms with Crippen LogP contribution in [0.25, 0.3) is 0 Å². The van der Waals surface area contributed by atoms with Crippen LogP contribution in [0.3, 0.4) is 0 Å². The van der Waals surface area contributed by atoms with Crippen molar-refractivity contribution in [3.63, 3.8) is 0 Å². The van der Waals surface area contributed by atoms with Crippen molar-refractivity contribution in [2.24, 2.45) is 7.05 Å². The molecule has 1 aromatic carbocycles. The highest BCUT2D eigenvalue weighted by molar-refractivity contribution is 7.91. The number of aryl methyl sites for hydroxylation is 1. The second-order valence-electron chi connectivity index (χ2n) is 6.94. The van der Waals surface area contributed by atoms with Gasteiger partial charge in [0, 0.05) is 18.4 Å². The molecule has 1 amide bonds. The second kappa shape index (κ2) is 6.43. The number of hydrogen-bond acceptors (Lipinski definition) is 3. The van der Waals surface area contributed by atoms with E-state index in [1.165, 1.54) is 0 Å². The molecule has 1 heterocycles. The minimum Gasteiger partial charge on any atom is -0.344 e. The molecule has 1 aromatic heterocycles. The quantitative estimate of drug-likeness (QED) is 0.922. The average molecular weight is 348 g/mol. The summed E-state index contributed by atoms with van der Waals surface area (Å²) in [6.07, 6.45) is 0. The number of rotatable bonds is 4. The van der Waals surface area contributed by atoms with Crippen LogP contribution in [0.4, 0.5) is 5.69 Å². The number of nitrogens with zero attached hydrogens (tertiary/aromatic N) is 1. The molecule has 0 spiro atoms. The first-order valence-corrected chi connectivity index (χ1v) is 9.41. The van der Waals surface area contributed by atoms with Gasteiger partial charge in [-0.2, -0.15) is 0 Å². The first kappa shape index (κ1) is 18.3. The minimum atomic E-state index is -3.27. The first-order chi connectivity index (χ1) is 11.0. The van der Waals surface area contributed by atoms with Gasteiger partial charge in [0.2, 0.25) is 0 Å². The lowest BCUT2D eigenvalue weighted by molar-refractivity contribution is 0.101. The van der Waals surface area contributed by atoms with Crippen LogP contribution >= 0.6 is 0 Å². The van der Waals surface area contributed by atoms with Gasteiger partial charge >= 0.3 is 0 Å². The maximum atomic E-state index is 12.4. The summed E-state index contributed by atoms with van der Waals surface area (Å²) in [6, 6.07) is 10.6. The van der Waals surface area contributed by atoms with Crippen LogP contribution in [-0.4, -0.2) is 23.6 Å². The molecule has 0 aliphatic rings. The number of carbonyl (C=O) groups excluding carboxylic acids is 1. The molecule has 24 heavy (non-hydrogen) atoms. The Morgan fingerprint density at radius 3 is 2.38 bits per heavy atom. The Bertz CT molecular complexity index is 859. The monoisotopic (exact) mass is 348 g/mol. The third kappa shape index (κ3) is 3.87. The Kier molecular flexibility index (Phi) is 4.90. The van der Waals surface area contributed by atoms with E-state index in [1.54, 1.807) is 51.1 Å². The number of benzene rings is 1. The van der Waals surface area contributed by atoms with E-state index in [-0.39, 0.29) is 11.7 Å². The summed E-state index contributed by atoms with van der Waals surface area (Å²) in [6.45, 7) is 6.98. The number of sulfone groups is 1. The molecule has 2 rings (SSSR count). The Morgan fingerprint density at radius 1 is 1.17 bits per heavy atom. The van der Waals surface area contributed by atoms with E-state index < -0.39 is 14.6 Å². The zero-order valence-electron chi connectivity index (χ0n) is 14.8. The van der Waals surface area contributed by atoms with Gasteiger partial charge in [0.1, 0.15) is 5.69 Å².